The minimum Gasteiger partial charge on any atom is -0.491 e. The highest BCUT2D eigenvalue weighted by Crippen LogP contribution is 2.66. The van der Waals surface area contributed by atoms with Gasteiger partial charge in [0.1, 0.15) is 48.6 Å². The summed E-state index contributed by atoms with van der Waals surface area (Å²) in [7, 11) is 1.47. The Morgan fingerprint density at radius 3 is 2.29 bits per heavy atom. The number of ether oxygens (including phenoxy) is 5. The summed E-state index contributed by atoms with van der Waals surface area (Å²) in [6, 6.07) is 42.4. The number of cyclic esters (lactones) is 1. The molecule has 0 bridgehead atoms. The second-order valence-electron chi connectivity index (χ2n) is 18.6. The van der Waals surface area contributed by atoms with Gasteiger partial charge in [0.25, 0.3) is 0 Å². The number of rotatable bonds is 13. The zero-order valence-electron chi connectivity index (χ0n) is 41.0. The van der Waals surface area contributed by atoms with Gasteiger partial charge in [-0.15, -0.1) is 5.10 Å². The quantitative estimate of drug-likeness (QED) is 0.0700. The predicted molar refractivity (Wildman–Crippen MR) is 277 cm³/mol. The van der Waals surface area contributed by atoms with Crippen LogP contribution in [0.25, 0.3) is 11.0 Å². The topological polar surface area (TPSA) is 187 Å². The van der Waals surface area contributed by atoms with Gasteiger partial charge in [0, 0.05) is 37.1 Å². The highest BCUT2D eigenvalue weighted by atomic mass is 16.6. The predicted octanol–water partition coefficient (Wildman–Crippen LogP) is 6.78. The number of amides is 3. The van der Waals surface area contributed by atoms with Gasteiger partial charge in [0.15, 0.2) is 0 Å². The van der Waals surface area contributed by atoms with Crippen LogP contribution >= 0.6 is 0 Å². The van der Waals surface area contributed by atoms with Crippen LogP contribution in [0.4, 0.5) is 21.9 Å². The van der Waals surface area contributed by atoms with Gasteiger partial charge in [0.2, 0.25) is 11.8 Å². The van der Waals surface area contributed by atoms with E-state index in [0.29, 0.717) is 59.9 Å². The number of nitrogens with zero attached hydrogens (tertiary/aromatic N) is 6. The van der Waals surface area contributed by atoms with Crippen molar-refractivity contribution in [2.75, 3.05) is 75.0 Å². The van der Waals surface area contributed by atoms with E-state index in [0.717, 1.165) is 21.7 Å². The molecule has 4 aliphatic rings. The van der Waals surface area contributed by atoms with E-state index in [4.69, 9.17) is 23.7 Å². The highest BCUT2D eigenvalue weighted by molar-refractivity contribution is 6.24. The Bertz CT molecular complexity index is 3300. The maximum Gasteiger partial charge on any atom is 0.421 e. The molecular weight excluding hydrogens is 955 g/mol. The van der Waals surface area contributed by atoms with Gasteiger partial charge < -0.3 is 39.0 Å². The average molecular weight is 1010 g/mol. The minimum atomic E-state index is -2.11. The van der Waals surface area contributed by atoms with Crippen LogP contribution in [0, 0.1) is 17.8 Å². The molecule has 11 rings (SSSR count). The van der Waals surface area contributed by atoms with Gasteiger partial charge in [-0.1, -0.05) is 102 Å². The maximum atomic E-state index is 16.6. The third kappa shape index (κ3) is 9.01. The highest BCUT2D eigenvalue weighted by Gasteiger charge is 2.76. The molecule has 75 heavy (non-hydrogen) atoms. The number of morpholine rings is 2. The first-order valence-electron chi connectivity index (χ1n) is 24.9. The summed E-state index contributed by atoms with van der Waals surface area (Å²) in [5, 5.41) is 21.6. The number of methoxy groups -OCH3 is 1. The Hall–Kier alpha value is -8.40. The number of anilines is 3. The lowest BCUT2D eigenvalue weighted by Gasteiger charge is -2.46. The lowest BCUT2D eigenvalue weighted by atomic mass is 9.65. The van der Waals surface area contributed by atoms with Crippen molar-refractivity contribution in [3.8, 4) is 17.6 Å². The number of aliphatic hydroxyl groups excluding tert-OH is 1. The van der Waals surface area contributed by atoms with Gasteiger partial charge in [-0.25, -0.2) is 14.4 Å². The number of carbonyl (C=O) groups excluding carboxylic acids is 4. The molecule has 1 aromatic heterocycles. The fraction of sp³-hybridized carbons (Fsp3) is 0.276. The van der Waals surface area contributed by atoms with Crippen LogP contribution in [-0.4, -0.2) is 115 Å². The summed E-state index contributed by atoms with van der Waals surface area (Å²) >= 11 is 0. The zero-order chi connectivity index (χ0) is 51.5. The molecule has 7 aromatic rings. The molecule has 5 heterocycles. The maximum absolute atomic E-state index is 16.6. The largest absolute Gasteiger partial charge is 0.491 e. The van der Waals surface area contributed by atoms with Crippen molar-refractivity contribution in [1.29, 1.82) is 0 Å². The van der Waals surface area contributed by atoms with Gasteiger partial charge in [0.05, 0.1) is 55.6 Å². The molecule has 380 valence electrons. The van der Waals surface area contributed by atoms with Gasteiger partial charge in [-0.05, 0) is 89.0 Å². The van der Waals surface area contributed by atoms with Crippen LogP contribution in [0.5, 0.6) is 5.75 Å². The van der Waals surface area contributed by atoms with E-state index in [9.17, 15) is 9.90 Å². The third-order valence-corrected chi connectivity index (χ3v) is 14.4. The molecule has 6 atom stereocenters. The Balaban J connectivity index is 1.15. The third-order valence-electron chi connectivity index (χ3n) is 14.4. The Morgan fingerprint density at radius 2 is 1.53 bits per heavy atom. The molecule has 0 aliphatic carbocycles. The van der Waals surface area contributed by atoms with E-state index < -0.39 is 59.4 Å². The first-order valence-corrected chi connectivity index (χ1v) is 24.9. The summed E-state index contributed by atoms with van der Waals surface area (Å²) in [5.41, 5.74) is 3.49. The summed E-state index contributed by atoms with van der Waals surface area (Å²) in [6.07, 6.45) is -1.95. The fourth-order valence-corrected chi connectivity index (χ4v) is 11.2. The van der Waals surface area contributed by atoms with Gasteiger partial charge >= 0.3 is 12.1 Å². The Labute approximate surface area is 432 Å². The number of esters is 1. The molecular formula is C58H53N7O10. The van der Waals surface area contributed by atoms with Crippen molar-refractivity contribution in [3.63, 3.8) is 0 Å². The number of aromatic nitrogens is 3. The van der Waals surface area contributed by atoms with Crippen molar-refractivity contribution < 1.29 is 48.0 Å². The van der Waals surface area contributed by atoms with Crippen molar-refractivity contribution in [3.05, 3.63) is 179 Å². The number of fused-ring (bicyclic) bond motifs is 4. The summed E-state index contributed by atoms with van der Waals surface area (Å²) in [6.45, 7) is 2.29. The van der Waals surface area contributed by atoms with Crippen LogP contribution < -0.4 is 19.9 Å². The van der Waals surface area contributed by atoms with Crippen LogP contribution in [-0.2, 0) is 45.3 Å². The van der Waals surface area contributed by atoms with E-state index in [1.165, 1.54) is 7.11 Å². The van der Waals surface area contributed by atoms with Gasteiger partial charge in [-0.3, -0.25) is 19.3 Å². The normalized spacial score (nSPS) is 22.0. The number of para-hydroxylation sites is 1. The first-order chi connectivity index (χ1) is 36.8. The summed E-state index contributed by atoms with van der Waals surface area (Å²) < 4.78 is 30.9. The van der Waals surface area contributed by atoms with E-state index in [2.05, 4.69) is 32.4 Å². The summed E-state index contributed by atoms with van der Waals surface area (Å²) in [5.74, 6) is 3.01. The number of hydrogen-bond acceptors (Lipinski definition) is 14. The molecule has 3 amide bonds. The van der Waals surface area contributed by atoms with E-state index in [1.807, 2.05) is 108 Å². The first kappa shape index (κ1) is 48.8. The van der Waals surface area contributed by atoms with Crippen LogP contribution in [0.2, 0.25) is 0 Å². The van der Waals surface area contributed by atoms with E-state index >= 15 is 14.4 Å². The SMILES string of the molecule is COCCOC(=O)N1C(=O)[C@@]2(c3cc(C#CCn4nnc5ccccc54)ccc31)[C@H](C(=O)Nc1ccc(N3CCOCC3)cc1)[C@H]1C(=O)O[C@H](c3ccccc3)[C@H](c3ccccc3)N1[C@@H]2c1cccc(OCCO)c1. The Morgan fingerprint density at radius 1 is 0.800 bits per heavy atom. The van der Waals surface area contributed by atoms with Gasteiger partial charge in [-0.2, -0.15) is 0 Å². The number of nitrogens with one attached hydrogen (secondary N) is 1. The lowest BCUT2D eigenvalue weighted by Crippen LogP contribution is -2.54. The molecule has 0 unspecified atom stereocenters. The molecule has 17 heteroatoms. The molecule has 0 saturated carbocycles. The molecule has 4 aliphatic heterocycles. The van der Waals surface area contributed by atoms with Crippen molar-refractivity contribution in [2.45, 2.75) is 36.2 Å². The number of benzene rings is 6. The molecule has 2 N–H and O–H groups in total. The van der Waals surface area contributed by atoms with E-state index in [1.54, 1.807) is 53.2 Å². The lowest BCUT2D eigenvalue weighted by molar-refractivity contribution is -0.177. The molecule has 3 saturated heterocycles. The smallest absolute Gasteiger partial charge is 0.421 e. The number of carbonyl (C=O) groups is 4. The second-order valence-corrected chi connectivity index (χ2v) is 18.6. The number of aliphatic hydroxyl groups is 1. The number of imide groups is 1. The van der Waals surface area contributed by atoms with Crippen molar-refractivity contribution in [1.82, 2.24) is 19.9 Å². The Kier molecular flexibility index (Phi) is 13.8. The number of hydrogen-bond donors (Lipinski definition) is 2. The van der Waals surface area contributed by atoms with Crippen LogP contribution in [0.15, 0.2) is 152 Å². The van der Waals surface area contributed by atoms with Crippen LogP contribution in [0.3, 0.4) is 0 Å². The monoisotopic (exact) mass is 1010 g/mol. The molecule has 6 aromatic carbocycles. The fourth-order valence-electron chi connectivity index (χ4n) is 11.2. The average Bonchev–Trinajstić information content (AvgIpc) is 4.20. The van der Waals surface area contributed by atoms with Crippen LogP contribution in [0.1, 0.15) is 46.0 Å². The summed E-state index contributed by atoms with van der Waals surface area (Å²) in [4.78, 5) is 68.1. The second kappa shape index (κ2) is 21.2. The zero-order valence-corrected chi connectivity index (χ0v) is 41.0. The molecule has 0 radical (unpaired) electrons. The van der Waals surface area contributed by atoms with E-state index in [-0.39, 0.29) is 44.2 Å². The molecule has 17 nitrogen and oxygen atoms in total. The molecule has 1 spiro atoms. The minimum absolute atomic E-state index is 0.0364. The van der Waals surface area contributed by atoms with Crippen molar-refractivity contribution in [2.24, 2.45) is 5.92 Å². The molecule has 3 fully saturated rings. The van der Waals surface area contributed by atoms with Crippen molar-refractivity contribution >= 4 is 52.0 Å². The standard InChI is InChI=1S/C58H53N7O10/c1-71-34-35-74-57(70)64-47-26-21-38(12-11-27-63-48-20-9-8-19-46(48)60-61-63)36-45(47)58(56(64)69)49(54(67)59-42-22-24-43(25-23-42)62-28-31-72-32-29-62)51-55(68)75-52(40-15-6-3-7-16-40)50(39-13-4-2-5-14-39)65(51)53(58)41-17-10-18-44(37-41)73-33-30-66/h2-10,13-26,36-37,49-53,66H,27-35H2,1H3,(H,59,67)/t49-,50-,51-,52+,53+,58-/m0/s1.